The third-order valence-corrected chi connectivity index (χ3v) is 4.49. The smallest absolute Gasteiger partial charge is 0.303 e. The average molecular weight is 346 g/mol. The number of piperidine rings is 1. The number of likely N-dealkylation sites (tertiary alicyclic amines) is 1. The van der Waals surface area contributed by atoms with Crippen molar-refractivity contribution in [3.8, 4) is 0 Å². The Morgan fingerprint density at radius 2 is 1.92 bits per heavy atom. The van der Waals surface area contributed by atoms with Gasteiger partial charge < -0.3 is 15.3 Å². The summed E-state index contributed by atoms with van der Waals surface area (Å²) in [6, 6.07) is 7.48. The normalized spacial score (nSPS) is 17.2. The largest absolute Gasteiger partial charge is 0.481 e. The molecule has 1 saturated heterocycles. The lowest BCUT2D eigenvalue weighted by atomic mass is 9.96. The van der Waals surface area contributed by atoms with E-state index in [1.165, 1.54) is 0 Å². The van der Waals surface area contributed by atoms with E-state index < -0.39 is 5.97 Å². The molecule has 0 saturated carbocycles. The Hall–Kier alpha value is -2.37. The van der Waals surface area contributed by atoms with E-state index in [9.17, 15) is 14.4 Å². The molecular weight excluding hydrogens is 320 g/mol. The quantitative estimate of drug-likeness (QED) is 0.741. The van der Waals surface area contributed by atoms with Crippen LogP contribution in [0.4, 0.5) is 0 Å². The maximum absolute atomic E-state index is 12.6. The first-order valence-corrected chi connectivity index (χ1v) is 8.83. The van der Waals surface area contributed by atoms with E-state index in [4.69, 9.17) is 5.11 Å². The second kappa shape index (κ2) is 9.20. The Morgan fingerprint density at radius 3 is 2.60 bits per heavy atom. The molecule has 0 aliphatic carbocycles. The summed E-state index contributed by atoms with van der Waals surface area (Å²) in [4.78, 5) is 37.1. The van der Waals surface area contributed by atoms with Gasteiger partial charge in [0, 0.05) is 31.6 Å². The molecule has 0 spiro atoms. The molecule has 2 N–H and O–H groups in total. The molecule has 25 heavy (non-hydrogen) atoms. The topological polar surface area (TPSA) is 86.7 Å². The number of hydrogen-bond acceptors (Lipinski definition) is 3. The third-order valence-electron chi connectivity index (χ3n) is 4.49. The molecule has 1 aromatic rings. The van der Waals surface area contributed by atoms with Crippen LogP contribution in [0.15, 0.2) is 24.3 Å². The number of benzene rings is 1. The lowest BCUT2D eigenvalue weighted by Gasteiger charge is -2.32. The molecule has 1 aliphatic rings. The minimum atomic E-state index is -0.816. The molecule has 136 valence electrons. The van der Waals surface area contributed by atoms with Gasteiger partial charge in [-0.3, -0.25) is 14.4 Å². The van der Waals surface area contributed by atoms with Crippen LogP contribution in [-0.4, -0.2) is 47.4 Å². The summed E-state index contributed by atoms with van der Waals surface area (Å²) in [5.41, 5.74) is 1.76. The predicted octanol–water partition coefficient (Wildman–Crippen LogP) is 2.22. The number of carbonyl (C=O) groups excluding carboxylic acids is 2. The first-order chi connectivity index (χ1) is 12.0. The van der Waals surface area contributed by atoms with Gasteiger partial charge in [-0.05, 0) is 44.7 Å². The molecule has 1 aromatic carbocycles. The Labute approximate surface area is 148 Å². The fourth-order valence-electron chi connectivity index (χ4n) is 3.01. The summed E-state index contributed by atoms with van der Waals surface area (Å²) >= 11 is 0. The Balaban J connectivity index is 1.81. The van der Waals surface area contributed by atoms with Crippen molar-refractivity contribution in [2.45, 2.75) is 39.0 Å². The van der Waals surface area contributed by atoms with Crippen molar-refractivity contribution >= 4 is 17.8 Å². The van der Waals surface area contributed by atoms with E-state index in [-0.39, 0.29) is 24.2 Å². The van der Waals surface area contributed by atoms with Crippen molar-refractivity contribution in [2.75, 3.05) is 19.6 Å². The van der Waals surface area contributed by atoms with Crippen LogP contribution in [0.25, 0.3) is 0 Å². The molecule has 2 rings (SSSR count). The maximum atomic E-state index is 12.6. The van der Waals surface area contributed by atoms with Gasteiger partial charge in [-0.15, -0.1) is 0 Å². The number of amides is 2. The van der Waals surface area contributed by atoms with E-state index in [2.05, 4.69) is 5.32 Å². The Kier molecular flexibility index (Phi) is 6.98. The second-order valence-electron chi connectivity index (χ2n) is 6.60. The van der Waals surface area contributed by atoms with Crippen molar-refractivity contribution in [3.05, 3.63) is 35.4 Å². The molecule has 1 aliphatic heterocycles. The number of aliphatic carboxylic acids is 1. The summed E-state index contributed by atoms with van der Waals surface area (Å²) < 4.78 is 0. The van der Waals surface area contributed by atoms with Crippen LogP contribution in [0.5, 0.6) is 0 Å². The van der Waals surface area contributed by atoms with Crippen LogP contribution in [0.3, 0.4) is 0 Å². The zero-order chi connectivity index (χ0) is 18.2. The molecule has 6 heteroatoms. The van der Waals surface area contributed by atoms with E-state index in [0.29, 0.717) is 38.0 Å². The van der Waals surface area contributed by atoms with Gasteiger partial charge in [-0.1, -0.05) is 17.7 Å². The highest BCUT2D eigenvalue weighted by Crippen LogP contribution is 2.19. The van der Waals surface area contributed by atoms with Crippen LogP contribution in [0.1, 0.15) is 48.0 Å². The van der Waals surface area contributed by atoms with Crippen molar-refractivity contribution in [1.29, 1.82) is 0 Å². The minimum absolute atomic E-state index is 0.0287. The lowest BCUT2D eigenvalue weighted by molar-refractivity contribution is -0.137. The summed E-state index contributed by atoms with van der Waals surface area (Å²) in [5.74, 6) is -1.08. The number of carboxylic acids is 1. The van der Waals surface area contributed by atoms with E-state index in [1.807, 2.05) is 31.2 Å². The molecule has 0 radical (unpaired) electrons. The number of unbranched alkanes of at least 4 members (excludes halogenated alkanes) is 1. The molecule has 1 heterocycles. The SMILES string of the molecule is Cc1ccc(C(=O)N2CCCC(C(=O)NCCCCC(=O)O)C2)cc1. The Morgan fingerprint density at radius 1 is 1.20 bits per heavy atom. The number of nitrogens with zero attached hydrogens (tertiary/aromatic N) is 1. The Bertz CT molecular complexity index is 612. The standard InChI is InChI=1S/C19H26N2O4/c1-14-7-9-15(10-8-14)19(25)21-12-4-5-16(13-21)18(24)20-11-3-2-6-17(22)23/h7-10,16H,2-6,11-13H2,1H3,(H,20,24)(H,22,23). The van der Waals surface area contributed by atoms with Crippen molar-refractivity contribution < 1.29 is 19.5 Å². The van der Waals surface area contributed by atoms with Crippen molar-refractivity contribution in [1.82, 2.24) is 10.2 Å². The minimum Gasteiger partial charge on any atom is -0.481 e. The number of hydrogen-bond donors (Lipinski definition) is 2. The second-order valence-corrected chi connectivity index (χ2v) is 6.60. The van der Waals surface area contributed by atoms with Crippen molar-refractivity contribution in [3.63, 3.8) is 0 Å². The number of carboxylic acid groups (broad SMARTS) is 1. The third kappa shape index (κ3) is 5.89. The molecule has 6 nitrogen and oxygen atoms in total. The molecule has 1 fully saturated rings. The van der Waals surface area contributed by atoms with Gasteiger partial charge in [0.2, 0.25) is 5.91 Å². The first-order valence-electron chi connectivity index (χ1n) is 8.83. The number of carbonyl (C=O) groups is 3. The number of nitrogens with one attached hydrogen (secondary N) is 1. The predicted molar refractivity (Wildman–Crippen MR) is 94.3 cm³/mol. The summed E-state index contributed by atoms with van der Waals surface area (Å²) in [6.07, 6.45) is 2.92. The molecule has 2 amide bonds. The highest BCUT2D eigenvalue weighted by Gasteiger charge is 2.28. The van der Waals surface area contributed by atoms with E-state index in [0.717, 1.165) is 18.4 Å². The van der Waals surface area contributed by atoms with Crippen molar-refractivity contribution in [2.24, 2.45) is 5.92 Å². The average Bonchev–Trinajstić information content (AvgIpc) is 2.61. The highest BCUT2D eigenvalue weighted by atomic mass is 16.4. The maximum Gasteiger partial charge on any atom is 0.303 e. The monoisotopic (exact) mass is 346 g/mol. The number of rotatable bonds is 7. The fraction of sp³-hybridized carbons (Fsp3) is 0.526. The van der Waals surface area contributed by atoms with Gasteiger partial charge in [-0.2, -0.15) is 0 Å². The fourth-order valence-corrected chi connectivity index (χ4v) is 3.01. The first kappa shape index (κ1) is 19.0. The number of aryl methyl sites for hydroxylation is 1. The van der Waals surface area contributed by atoms with Gasteiger partial charge in [0.25, 0.3) is 5.91 Å². The summed E-state index contributed by atoms with van der Waals surface area (Å²) in [7, 11) is 0. The van der Waals surface area contributed by atoms with Crippen LogP contribution in [0, 0.1) is 12.8 Å². The summed E-state index contributed by atoms with van der Waals surface area (Å²) in [6.45, 7) is 3.57. The molecule has 0 bridgehead atoms. The van der Waals surface area contributed by atoms with Crippen LogP contribution in [0.2, 0.25) is 0 Å². The van der Waals surface area contributed by atoms with Gasteiger partial charge in [0.15, 0.2) is 0 Å². The summed E-state index contributed by atoms with van der Waals surface area (Å²) in [5, 5.41) is 11.5. The van der Waals surface area contributed by atoms with Crippen LogP contribution >= 0.6 is 0 Å². The van der Waals surface area contributed by atoms with Gasteiger partial charge in [-0.25, -0.2) is 0 Å². The van der Waals surface area contributed by atoms with E-state index >= 15 is 0 Å². The van der Waals surface area contributed by atoms with Crippen LogP contribution < -0.4 is 5.32 Å². The molecular formula is C19H26N2O4. The zero-order valence-electron chi connectivity index (χ0n) is 14.7. The zero-order valence-corrected chi connectivity index (χ0v) is 14.7. The van der Waals surface area contributed by atoms with Gasteiger partial charge in [0.1, 0.15) is 0 Å². The van der Waals surface area contributed by atoms with Gasteiger partial charge in [0.05, 0.1) is 5.92 Å². The van der Waals surface area contributed by atoms with Gasteiger partial charge >= 0.3 is 5.97 Å². The molecule has 1 unspecified atom stereocenters. The lowest BCUT2D eigenvalue weighted by Crippen LogP contribution is -2.45. The highest BCUT2D eigenvalue weighted by molar-refractivity contribution is 5.94. The van der Waals surface area contributed by atoms with Crippen LogP contribution in [-0.2, 0) is 9.59 Å². The molecule has 1 atom stereocenters. The molecule has 0 aromatic heterocycles. The van der Waals surface area contributed by atoms with E-state index in [1.54, 1.807) is 4.90 Å².